The van der Waals surface area contributed by atoms with Crippen molar-refractivity contribution < 1.29 is 4.39 Å². The number of halogens is 1. The van der Waals surface area contributed by atoms with Gasteiger partial charge < -0.3 is 4.90 Å². The van der Waals surface area contributed by atoms with E-state index in [9.17, 15) is 9.18 Å². The van der Waals surface area contributed by atoms with Crippen molar-refractivity contribution in [2.45, 2.75) is 18.7 Å². The first-order valence-electron chi connectivity index (χ1n) is 8.81. The fraction of sp³-hybridized carbons (Fsp3) is 0.529. The van der Waals surface area contributed by atoms with E-state index in [1.807, 2.05) is 11.8 Å². The van der Waals surface area contributed by atoms with E-state index in [-0.39, 0.29) is 5.56 Å². The summed E-state index contributed by atoms with van der Waals surface area (Å²) in [7, 11) is 0. The van der Waals surface area contributed by atoms with Crippen LogP contribution in [0.2, 0.25) is 0 Å². The third-order valence-electron chi connectivity index (χ3n) is 4.79. The van der Waals surface area contributed by atoms with E-state index in [4.69, 9.17) is 0 Å². The standard InChI is InChI=1S/C17H21FN6OS/c18-14-10-19-17(20-11-14)23-5-2-22(3-6-23)4-7-24-16(25)9-13-12-26-8-1-15(13)21-24/h9-11H,1-8,12H2. The van der Waals surface area contributed by atoms with Crippen LogP contribution in [0.1, 0.15) is 11.3 Å². The number of piperazine rings is 1. The molecule has 2 aliphatic rings. The highest BCUT2D eigenvalue weighted by molar-refractivity contribution is 7.98. The van der Waals surface area contributed by atoms with Gasteiger partial charge in [0.15, 0.2) is 5.82 Å². The number of fused-ring (bicyclic) bond motifs is 1. The second kappa shape index (κ2) is 7.71. The van der Waals surface area contributed by atoms with Crippen LogP contribution in [-0.2, 0) is 18.7 Å². The maximum atomic E-state index is 12.9. The predicted octanol–water partition coefficient (Wildman–Crippen LogP) is 0.784. The lowest BCUT2D eigenvalue weighted by Gasteiger charge is -2.34. The van der Waals surface area contributed by atoms with Gasteiger partial charge in [-0.3, -0.25) is 9.69 Å². The normalized spacial score (nSPS) is 18.0. The van der Waals surface area contributed by atoms with Gasteiger partial charge in [-0.25, -0.2) is 19.0 Å². The van der Waals surface area contributed by atoms with E-state index >= 15 is 0 Å². The third kappa shape index (κ3) is 3.88. The van der Waals surface area contributed by atoms with Crippen molar-refractivity contribution in [1.29, 1.82) is 0 Å². The lowest BCUT2D eigenvalue weighted by molar-refractivity contribution is 0.241. The number of aromatic nitrogens is 4. The Kier molecular flexibility index (Phi) is 5.16. The molecule has 0 N–H and O–H groups in total. The van der Waals surface area contributed by atoms with Gasteiger partial charge in [0, 0.05) is 51.0 Å². The molecule has 0 spiro atoms. The summed E-state index contributed by atoms with van der Waals surface area (Å²) < 4.78 is 14.5. The summed E-state index contributed by atoms with van der Waals surface area (Å²) in [6.45, 7) is 4.68. The Morgan fingerprint density at radius 2 is 1.88 bits per heavy atom. The number of aryl methyl sites for hydroxylation is 1. The van der Waals surface area contributed by atoms with Crippen molar-refractivity contribution in [3.05, 3.63) is 45.9 Å². The molecule has 0 aromatic carbocycles. The topological polar surface area (TPSA) is 67.2 Å². The number of rotatable bonds is 4. The summed E-state index contributed by atoms with van der Waals surface area (Å²) in [5.74, 6) is 2.11. The van der Waals surface area contributed by atoms with Crippen LogP contribution in [0.15, 0.2) is 23.3 Å². The van der Waals surface area contributed by atoms with Crippen LogP contribution in [0.4, 0.5) is 10.3 Å². The van der Waals surface area contributed by atoms with E-state index in [0.717, 1.165) is 61.9 Å². The number of thioether (sulfide) groups is 1. The summed E-state index contributed by atoms with van der Waals surface area (Å²) in [4.78, 5) is 24.7. The molecule has 1 fully saturated rings. The summed E-state index contributed by atoms with van der Waals surface area (Å²) in [6, 6.07) is 1.75. The molecule has 0 bridgehead atoms. The second-order valence-corrected chi connectivity index (χ2v) is 7.62. The van der Waals surface area contributed by atoms with Gasteiger partial charge in [0.2, 0.25) is 5.95 Å². The zero-order chi connectivity index (χ0) is 17.9. The molecule has 0 radical (unpaired) electrons. The van der Waals surface area contributed by atoms with Crippen LogP contribution in [-0.4, -0.2) is 63.1 Å². The highest BCUT2D eigenvalue weighted by Crippen LogP contribution is 2.21. The van der Waals surface area contributed by atoms with Crippen LogP contribution in [0.25, 0.3) is 0 Å². The molecule has 138 valence electrons. The lowest BCUT2D eigenvalue weighted by Crippen LogP contribution is -2.48. The molecule has 2 aromatic heterocycles. The van der Waals surface area contributed by atoms with Gasteiger partial charge >= 0.3 is 0 Å². The van der Waals surface area contributed by atoms with Gasteiger partial charge in [0.1, 0.15) is 0 Å². The number of nitrogens with zero attached hydrogens (tertiary/aromatic N) is 6. The van der Waals surface area contributed by atoms with Crippen LogP contribution >= 0.6 is 11.8 Å². The van der Waals surface area contributed by atoms with Crippen molar-refractivity contribution in [1.82, 2.24) is 24.6 Å². The zero-order valence-corrected chi connectivity index (χ0v) is 15.3. The Balaban J connectivity index is 1.32. The van der Waals surface area contributed by atoms with Crippen LogP contribution in [0, 0.1) is 5.82 Å². The molecule has 4 heterocycles. The van der Waals surface area contributed by atoms with Crippen molar-refractivity contribution in [3.8, 4) is 0 Å². The van der Waals surface area contributed by atoms with Crippen LogP contribution in [0.5, 0.6) is 0 Å². The smallest absolute Gasteiger partial charge is 0.267 e. The van der Waals surface area contributed by atoms with Crippen molar-refractivity contribution >= 4 is 17.7 Å². The fourth-order valence-corrected chi connectivity index (χ4v) is 4.24. The molecular weight excluding hydrogens is 355 g/mol. The largest absolute Gasteiger partial charge is 0.338 e. The molecular formula is C17H21FN6OS. The van der Waals surface area contributed by atoms with Crippen LogP contribution < -0.4 is 10.5 Å². The Morgan fingerprint density at radius 3 is 2.65 bits per heavy atom. The van der Waals surface area contributed by atoms with E-state index in [1.165, 1.54) is 12.4 Å². The average molecular weight is 376 g/mol. The summed E-state index contributed by atoms with van der Waals surface area (Å²) in [5.41, 5.74) is 2.15. The zero-order valence-electron chi connectivity index (χ0n) is 14.5. The quantitative estimate of drug-likeness (QED) is 0.781. The molecule has 0 aliphatic carbocycles. The molecule has 0 saturated carbocycles. The Labute approximate surface area is 155 Å². The fourth-order valence-electron chi connectivity index (χ4n) is 3.29. The summed E-state index contributed by atoms with van der Waals surface area (Å²) in [5, 5.41) is 4.57. The maximum absolute atomic E-state index is 12.9. The van der Waals surface area contributed by atoms with E-state index < -0.39 is 5.82 Å². The van der Waals surface area contributed by atoms with Gasteiger partial charge in [0.25, 0.3) is 5.56 Å². The Bertz CT molecular complexity index is 819. The first-order valence-corrected chi connectivity index (χ1v) is 9.97. The van der Waals surface area contributed by atoms with E-state index in [0.29, 0.717) is 12.5 Å². The maximum Gasteiger partial charge on any atom is 0.267 e. The highest BCUT2D eigenvalue weighted by Gasteiger charge is 2.19. The molecule has 7 nitrogen and oxygen atoms in total. The SMILES string of the molecule is O=c1cc2c(nn1CCN1CCN(c3ncc(F)cn3)CC1)CCSC2. The monoisotopic (exact) mass is 376 g/mol. The van der Waals surface area contributed by atoms with Crippen molar-refractivity contribution in [3.63, 3.8) is 0 Å². The van der Waals surface area contributed by atoms with Crippen LogP contribution in [0.3, 0.4) is 0 Å². The van der Waals surface area contributed by atoms with Gasteiger partial charge in [0.05, 0.1) is 24.6 Å². The minimum Gasteiger partial charge on any atom is -0.338 e. The molecule has 2 aromatic rings. The van der Waals surface area contributed by atoms with Gasteiger partial charge in [-0.1, -0.05) is 0 Å². The minimum absolute atomic E-state index is 0.00963. The molecule has 4 rings (SSSR count). The highest BCUT2D eigenvalue weighted by atomic mass is 32.2. The molecule has 9 heteroatoms. The first-order chi connectivity index (χ1) is 12.7. The second-order valence-electron chi connectivity index (χ2n) is 6.51. The third-order valence-corrected chi connectivity index (χ3v) is 5.80. The van der Waals surface area contributed by atoms with E-state index in [1.54, 1.807) is 10.7 Å². The summed E-state index contributed by atoms with van der Waals surface area (Å²) in [6.07, 6.45) is 3.33. The lowest BCUT2D eigenvalue weighted by atomic mass is 10.2. The Hall–Kier alpha value is -2.00. The molecule has 2 aliphatic heterocycles. The molecule has 0 amide bonds. The molecule has 0 atom stereocenters. The summed E-state index contributed by atoms with van der Waals surface area (Å²) >= 11 is 1.86. The molecule has 1 saturated heterocycles. The van der Waals surface area contributed by atoms with E-state index in [2.05, 4.69) is 24.9 Å². The number of hydrogen-bond acceptors (Lipinski definition) is 7. The molecule has 26 heavy (non-hydrogen) atoms. The predicted molar refractivity (Wildman–Crippen MR) is 99.0 cm³/mol. The van der Waals surface area contributed by atoms with Gasteiger partial charge in [-0.2, -0.15) is 16.9 Å². The minimum atomic E-state index is -0.422. The first kappa shape index (κ1) is 17.4. The van der Waals surface area contributed by atoms with Gasteiger partial charge in [-0.05, 0) is 11.3 Å². The van der Waals surface area contributed by atoms with Crippen molar-refractivity contribution in [2.24, 2.45) is 0 Å². The number of anilines is 1. The number of hydrogen-bond donors (Lipinski definition) is 0. The van der Waals surface area contributed by atoms with Crippen molar-refractivity contribution in [2.75, 3.05) is 43.4 Å². The average Bonchev–Trinajstić information content (AvgIpc) is 2.67. The van der Waals surface area contributed by atoms with Gasteiger partial charge in [-0.15, -0.1) is 0 Å². The Morgan fingerprint density at radius 1 is 1.12 bits per heavy atom. The molecule has 0 unspecified atom stereocenters.